The molecule has 31 heavy (non-hydrogen) atoms. The molecule has 0 N–H and O–H groups in total. The molecule has 4 rings (SSSR count). The molecule has 2 aromatic heterocycles. The minimum Gasteiger partial charge on any atom is -0.493 e. The van der Waals surface area contributed by atoms with E-state index in [9.17, 15) is 0 Å². The van der Waals surface area contributed by atoms with E-state index in [1.807, 2.05) is 12.1 Å². The van der Waals surface area contributed by atoms with Crippen LogP contribution in [0, 0.1) is 12.8 Å². The second-order valence-electron chi connectivity index (χ2n) is 8.11. The Morgan fingerprint density at radius 1 is 1.03 bits per heavy atom. The lowest BCUT2D eigenvalue weighted by molar-refractivity contribution is 0.320. The summed E-state index contributed by atoms with van der Waals surface area (Å²) in [5.74, 6) is 1.48. The molecule has 0 bridgehead atoms. The molecule has 0 spiro atoms. The Kier molecular flexibility index (Phi) is 6.36. The summed E-state index contributed by atoms with van der Waals surface area (Å²) in [6, 6.07) is 18.9. The average molecular weight is 414 g/mol. The summed E-state index contributed by atoms with van der Waals surface area (Å²) in [6.45, 7) is 7.13. The molecule has 0 amide bonds. The first kappa shape index (κ1) is 20.7. The number of nitrogens with zero attached hydrogens (tertiary/aromatic N) is 5. The summed E-state index contributed by atoms with van der Waals surface area (Å²) in [4.78, 5) is 4.49. The van der Waals surface area contributed by atoms with Crippen LogP contribution in [0.15, 0.2) is 67.1 Å². The smallest absolute Gasteiger partial charge is 0.143 e. The highest BCUT2D eigenvalue weighted by Gasteiger charge is 2.10. The normalized spacial score (nSPS) is 11.1. The Hall–Kier alpha value is -3.54. The fourth-order valence-electron chi connectivity index (χ4n) is 3.77. The van der Waals surface area contributed by atoms with Gasteiger partial charge in [-0.25, -0.2) is 0 Å². The molecule has 0 atom stereocenters. The maximum absolute atomic E-state index is 6.15. The summed E-state index contributed by atoms with van der Waals surface area (Å²) in [5.41, 5.74) is 6.77. The van der Waals surface area contributed by atoms with Gasteiger partial charge >= 0.3 is 0 Å². The SMILES string of the molecule is Cc1cc(OCCc2ncccc2-n2cnnn2)cc(-c2ccccc2CC(C)C)c1. The van der Waals surface area contributed by atoms with Crippen LogP contribution in [0.1, 0.15) is 30.7 Å². The molecule has 0 aliphatic rings. The van der Waals surface area contributed by atoms with Crippen molar-refractivity contribution in [3.8, 4) is 22.6 Å². The highest BCUT2D eigenvalue weighted by atomic mass is 16.5. The van der Waals surface area contributed by atoms with Gasteiger partial charge in [0.15, 0.2) is 0 Å². The quantitative estimate of drug-likeness (QED) is 0.413. The van der Waals surface area contributed by atoms with Gasteiger partial charge in [0.2, 0.25) is 0 Å². The molecule has 0 saturated heterocycles. The number of hydrogen-bond donors (Lipinski definition) is 0. The van der Waals surface area contributed by atoms with Crippen LogP contribution in [0.3, 0.4) is 0 Å². The zero-order chi connectivity index (χ0) is 21.6. The van der Waals surface area contributed by atoms with Gasteiger partial charge in [0.1, 0.15) is 12.1 Å². The lowest BCUT2D eigenvalue weighted by Crippen LogP contribution is -2.08. The van der Waals surface area contributed by atoms with Crippen molar-refractivity contribution in [3.63, 3.8) is 0 Å². The number of aromatic nitrogens is 5. The van der Waals surface area contributed by atoms with Crippen LogP contribution in [0.2, 0.25) is 0 Å². The van der Waals surface area contributed by atoms with Crippen molar-refractivity contribution in [1.29, 1.82) is 0 Å². The largest absolute Gasteiger partial charge is 0.493 e. The first-order valence-electron chi connectivity index (χ1n) is 10.6. The molecule has 2 heterocycles. The molecular weight excluding hydrogens is 386 g/mol. The Labute approximate surface area is 182 Å². The fourth-order valence-corrected chi connectivity index (χ4v) is 3.77. The van der Waals surface area contributed by atoms with Gasteiger partial charge in [0.05, 0.1) is 18.0 Å². The highest BCUT2D eigenvalue weighted by molar-refractivity contribution is 5.69. The van der Waals surface area contributed by atoms with E-state index in [-0.39, 0.29) is 0 Å². The van der Waals surface area contributed by atoms with Gasteiger partial charge in [-0.1, -0.05) is 44.2 Å². The van der Waals surface area contributed by atoms with Gasteiger partial charge in [-0.15, -0.1) is 5.10 Å². The molecule has 0 saturated carbocycles. The van der Waals surface area contributed by atoms with E-state index in [0.717, 1.165) is 23.6 Å². The van der Waals surface area contributed by atoms with Crippen molar-refractivity contribution in [2.45, 2.75) is 33.6 Å². The lowest BCUT2D eigenvalue weighted by atomic mass is 9.93. The third-order valence-corrected chi connectivity index (χ3v) is 5.08. The van der Waals surface area contributed by atoms with E-state index in [2.05, 4.69) is 83.7 Å². The molecule has 2 aromatic carbocycles. The number of aryl methyl sites for hydroxylation is 1. The predicted octanol–water partition coefficient (Wildman–Crippen LogP) is 4.85. The Bertz CT molecular complexity index is 1140. The van der Waals surface area contributed by atoms with Crippen molar-refractivity contribution in [3.05, 3.63) is 83.9 Å². The van der Waals surface area contributed by atoms with Crippen LogP contribution in [-0.2, 0) is 12.8 Å². The van der Waals surface area contributed by atoms with E-state index in [4.69, 9.17) is 4.74 Å². The number of pyridine rings is 1. The molecule has 6 heteroatoms. The van der Waals surface area contributed by atoms with Crippen molar-refractivity contribution in [1.82, 2.24) is 25.2 Å². The maximum Gasteiger partial charge on any atom is 0.143 e. The number of hydrogen-bond acceptors (Lipinski definition) is 5. The third-order valence-electron chi connectivity index (χ3n) is 5.08. The number of benzene rings is 2. The van der Waals surface area contributed by atoms with E-state index in [0.29, 0.717) is 18.9 Å². The Balaban J connectivity index is 1.51. The monoisotopic (exact) mass is 413 g/mol. The van der Waals surface area contributed by atoms with Gasteiger partial charge in [-0.05, 0) is 76.2 Å². The number of tetrazole rings is 1. The van der Waals surface area contributed by atoms with E-state index in [1.54, 1.807) is 17.2 Å². The second kappa shape index (κ2) is 9.51. The molecule has 0 aliphatic carbocycles. The summed E-state index contributed by atoms with van der Waals surface area (Å²) in [5, 5.41) is 11.4. The van der Waals surface area contributed by atoms with Crippen LogP contribution in [0.5, 0.6) is 5.75 Å². The molecule has 4 aromatic rings. The minimum absolute atomic E-state index is 0.517. The number of ether oxygens (including phenoxy) is 1. The van der Waals surface area contributed by atoms with Crippen molar-refractivity contribution >= 4 is 0 Å². The van der Waals surface area contributed by atoms with Gasteiger partial charge in [-0.2, -0.15) is 4.68 Å². The van der Waals surface area contributed by atoms with E-state index >= 15 is 0 Å². The van der Waals surface area contributed by atoms with Crippen LogP contribution >= 0.6 is 0 Å². The molecule has 158 valence electrons. The fraction of sp³-hybridized carbons (Fsp3) is 0.280. The maximum atomic E-state index is 6.15. The van der Waals surface area contributed by atoms with E-state index < -0.39 is 0 Å². The summed E-state index contributed by atoms with van der Waals surface area (Å²) in [6.07, 6.45) is 5.06. The summed E-state index contributed by atoms with van der Waals surface area (Å²) < 4.78 is 7.77. The summed E-state index contributed by atoms with van der Waals surface area (Å²) >= 11 is 0. The van der Waals surface area contributed by atoms with Crippen molar-refractivity contribution < 1.29 is 4.74 Å². The average Bonchev–Trinajstić information content (AvgIpc) is 3.28. The van der Waals surface area contributed by atoms with Crippen LogP contribution in [-0.4, -0.2) is 31.8 Å². The molecule has 0 fully saturated rings. The standard InChI is InChI=1S/C25H27N5O/c1-18(2)13-20-7-4-5-8-23(20)21-14-19(3)15-22(16-21)31-12-10-24-25(9-6-11-26-24)30-17-27-28-29-30/h4-9,11,14-18H,10,12-13H2,1-3H3. The summed E-state index contributed by atoms with van der Waals surface area (Å²) in [7, 11) is 0. The van der Waals surface area contributed by atoms with Gasteiger partial charge < -0.3 is 4.74 Å². The third kappa shape index (κ3) is 5.15. The predicted molar refractivity (Wildman–Crippen MR) is 121 cm³/mol. The van der Waals surface area contributed by atoms with Crippen molar-refractivity contribution in [2.75, 3.05) is 6.61 Å². The first-order chi connectivity index (χ1) is 15.1. The molecular formula is C25H27N5O. The van der Waals surface area contributed by atoms with E-state index in [1.165, 1.54) is 22.3 Å². The molecule has 0 radical (unpaired) electrons. The van der Waals surface area contributed by atoms with Gasteiger partial charge in [-0.3, -0.25) is 4.98 Å². The second-order valence-corrected chi connectivity index (χ2v) is 8.11. The molecule has 0 aliphatic heterocycles. The van der Waals surface area contributed by atoms with Crippen LogP contribution in [0.4, 0.5) is 0 Å². The van der Waals surface area contributed by atoms with Crippen LogP contribution in [0.25, 0.3) is 16.8 Å². The topological polar surface area (TPSA) is 65.7 Å². The Morgan fingerprint density at radius 3 is 2.71 bits per heavy atom. The lowest BCUT2D eigenvalue weighted by Gasteiger charge is -2.14. The highest BCUT2D eigenvalue weighted by Crippen LogP contribution is 2.30. The van der Waals surface area contributed by atoms with Gasteiger partial charge in [0, 0.05) is 12.6 Å². The minimum atomic E-state index is 0.517. The van der Waals surface area contributed by atoms with Crippen LogP contribution < -0.4 is 4.74 Å². The number of rotatable bonds is 8. The first-order valence-corrected chi connectivity index (χ1v) is 10.6. The zero-order valence-corrected chi connectivity index (χ0v) is 18.2. The zero-order valence-electron chi connectivity index (χ0n) is 18.2. The Morgan fingerprint density at radius 2 is 1.90 bits per heavy atom. The molecule has 0 unspecified atom stereocenters. The van der Waals surface area contributed by atoms with Gasteiger partial charge in [0.25, 0.3) is 0 Å². The van der Waals surface area contributed by atoms with Crippen molar-refractivity contribution in [2.24, 2.45) is 5.92 Å². The molecule has 6 nitrogen and oxygen atoms in total.